The van der Waals surface area contributed by atoms with E-state index in [1.807, 2.05) is 24.3 Å². The Balaban J connectivity index is 1.70. The van der Waals surface area contributed by atoms with Crippen molar-refractivity contribution in [3.8, 4) is 11.3 Å². The van der Waals surface area contributed by atoms with E-state index in [0.29, 0.717) is 5.69 Å². The van der Waals surface area contributed by atoms with E-state index in [4.69, 9.17) is 0 Å². The Morgan fingerprint density at radius 2 is 1.88 bits per heavy atom. The average molecular weight is 355 g/mol. The number of alkyl halides is 3. The molecule has 5 nitrogen and oxygen atoms in total. The van der Waals surface area contributed by atoms with Crippen LogP contribution in [0.1, 0.15) is 11.3 Å². The van der Waals surface area contributed by atoms with Crippen molar-refractivity contribution in [1.82, 2.24) is 25.0 Å². The maximum atomic E-state index is 13.1. The minimum absolute atomic E-state index is 0.0403. The largest absolute Gasteiger partial charge is 0.433 e. The summed E-state index contributed by atoms with van der Waals surface area (Å²) in [5.41, 5.74) is 0.560. The number of rotatable bonds is 3. The van der Waals surface area contributed by atoms with Gasteiger partial charge in [-0.25, -0.2) is 4.68 Å². The fourth-order valence-electron chi connectivity index (χ4n) is 2.84. The van der Waals surface area contributed by atoms with Gasteiger partial charge >= 0.3 is 6.18 Å². The van der Waals surface area contributed by atoms with Gasteiger partial charge in [-0.2, -0.15) is 13.2 Å². The number of hydrogen-bond donors (Lipinski definition) is 0. The highest BCUT2D eigenvalue weighted by molar-refractivity contribution is 5.94. The highest BCUT2D eigenvalue weighted by atomic mass is 19.4. The van der Waals surface area contributed by atoms with Gasteiger partial charge in [-0.3, -0.25) is 9.97 Å². The monoisotopic (exact) mass is 355 g/mol. The summed E-state index contributed by atoms with van der Waals surface area (Å²) >= 11 is 0. The molecule has 0 saturated carbocycles. The molecule has 0 saturated heterocycles. The highest BCUT2D eigenvalue weighted by Crippen LogP contribution is 2.31. The first-order valence-electron chi connectivity index (χ1n) is 7.77. The molecule has 4 aromatic rings. The quantitative estimate of drug-likeness (QED) is 0.558. The van der Waals surface area contributed by atoms with Crippen molar-refractivity contribution < 1.29 is 13.2 Å². The normalized spacial score (nSPS) is 11.8. The minimum Gasteiger partial charge on any atom is -0.264 e. The van der Waals surface area contributed by atoms with Crippen LogP contribution in [0.4, 0.5) is 13.2 Å². The van der Waals surface area contributed by atoms with Gasteiger partial charge in [0.25, 0.3) is 0 Å². The van der Waals surface area contributed by atoms with Gasteiger partial charge in [0.05, 0.1) is 12.7 Å². The molecule has 0 unspecified atom stereocenters. The summed E-state index contributed by atoms with van der Waals surface area (Å²) in [5, 5.41) is 9.99. The minimum atomic E-state index is -4.51. The Bertz CT molecular complexity index is 1070. The Kier molecular flexibility index (Phi) is 3.87. The molecule has 3 heterocycles. The predicted molar refractivity (Wildman–Crippen MR) is 89.1 cm³/mol. The predicted octanol–water partition coefficient (Wildman–Crippen LogP) is 3.96. The van der Waals surface area contributed by atoms with Crippen LogP contribution in [-0.2, 0) is 12.7 Å². The Labute approximate surface area is 146 Å². The van der Waals surface area contributed by atoms with Crippen LogP contribution in [0.2, 0.25) is 0 Å². The number of halogens is 3. The van der Waals surface area contributed by atoms with Gasteiger partial charge in [0, 0.05) is 35.1 Å². The fraction of sp³-hybridized carbons (Fsp3) is 0.111. The third-order valence-corrected chi connectivity index (χ3v) is 3.99. The van der Waals surface area contributed by atoms with Gasteiger partial charge in [0.2, 0.25) is 0 Å². The van der Waals surface area contributed by atoms with Crippen molar-refractivity contribution in [3.63, 3.8) is 0 Å². The van der Waals surface area contributed by atoms with Crippen LogP contribution < -0.4 is 0 Å². The second-order valence-electron chi connectivity index (χ2n) is 5.71. The topological polar surface area (TPSA) is 56.5 Å². The zero-order chi connectivity index (χ0) is 18.1. The third kappa shape index (κ3) is 3.01. The molecule has 1 aromatic carbocycles. The summed E-state index contributed by atoms with van der Waals surface area (Å²) in [5.74, 6) is 0. The zero-order valence-corrected chi connectivity index (χ0v) is 13.4. The van der Waals surface area contributed by atoms with Crippen molar-refractivity contribution in [2.24, 2.45) is 0 Å². The molecule has 0 radical (unpaired) electrons. The summed E-state index contributed by atoms with van der Waals surface area (Å²) in [6.45, 7) is -0.0675. The average Bonchev–Trinajstić information content (AvgIpc) is 3.09. The molecule has 26 heavy (non-hydrogen) atoms. The van der Waals surface area contributed by atoms with Gasteiger partial charge in [0.15, 0.2) is 0 Å². The SMILES string of the molecule is FC(F)(F)c1ncccc1Cn1cc(-c2cccc3cnccc23)nn1. The van der Waals surface area contributed by atoms with Crippen LogP contribution in [0.25, 0.3) is 22.0 Å². The van der Waals surface area contributed by atoms with Crippen molar-refractivity contribution >= 4 is 10.8 Å². The summed E-state index contributed by atoms with van der Waals surface area (Å²) in [6, 6.07) is 10.4. The lowest BCUT2D eigenvalue weighted by Gasteiger charge is -2.10. The Hall–Kier alpha value is -3.29. The van der Waals surface area contributed by atoms with Crippen molar-refractivity contribution in [2.45, 2.75) is 12.7 Å². The van der Waals surface area contributed by atoms with Gasteiger partial charge in [-0.05, 0) is 17.5 Å². The number of benzene rings is 1. The van der Waals surface area contributed by atoms with E-state index < -0.39 is 11.9 Å². The molecule has 0 atom stereocenters. The number of hydrogen-bond acceptors (Lipinski definition) is 4. The van der Waals surface area contributed by atoms with Gasteiger partial charge in [0.1, 0.15) is 11.4 Å². The van der Waals surface area contributed by atoms with Crippen LogP contribution in [0.15, 0.2) is 61.2 Å². The van der Waals surface area contributed by atoms with E-state index >= 15 is 0 Å². The van der Waals surface area contributed by atoms with Crippen LogP contribution >= 0.6 is 0 Å². The van der Waals surface area contributed by atoms with Gasteiger partial charge in [-0.15, -0.1) is 5.10 Å². The maximum Gasteiger partial charge on any atom is 0.433 e. The van der Waals surface area contributed by atoms with E-state index in [9.17, 15) is 13.2 Å². The third-order valence-electron chi connectivity index (χ3n) is 3.99. The Morgan fingerprint density at radius 1 is 1.00 bits per heavy atom. The van der Waals surface area contributed by atoms with Gasteiger partial charge < -0.3 is 0 Å². The Morgan fingerprint density at radius 3 is 2.73 bits per heavy atom. The maximum absolute atomic E-state index is 13.1. The van der Waals surface area contributed by atoms with Crippen LogP contribution in [0.5, 0.6) is 0 Å². The van der Waals surface area contributed by atoms with Crippen LogP contribution in [-0.4, -0.2) is 25.0 Å². The first-order chi connectivity index (χ1) is 12.5. The van der Waals surface area contributed by atoms with E-state index in [0.717, 1.165) is 22.5 Å². The molecule has 3 aromatic heterocycles. The van der Waals surface area contributed by atoms with Crippen molar-refractivity contribution in [1.29, 1.82) is 0 Å². The number of aromatic nitrogens is 5. The molecule has 0 amide bonds. The lowest BCUT2D eigenvalue weighted by Crippen LogP contribution is -2.14. The second-order valence-corrected chi connectivity index (χ2v) is 5.71. The van der Waals surface area contributed by atoms with E-state index in [-0.39, 0.29) is 12.1 Å². The molecule has 0 N–H and O–H groups in total. The van der Waals surface area contributed by atoms with Gasteiger partial charge in [-0.1, -0.05) is 29.5 Å². The molecule has 0 aliphatic rings. The fourth-order valence-corrected chi connectivity index (χ4v) is 2.84. The molecule has 0 aliphatic heterocycles. The summed E-state index contributed by atoms with van der Waals surface area (Å²) < 4.78 is 40.6. The lowest BCUT2D eigenvalue weighted by atomic mass is 10.0. The molecule has 8 heteroatoms. The molecule has 0 bridgehead atoms. The first kappa shape index (κ1) is 16.2. The molecule has 0 aliphatic carbocycles. The van der Waals surface area contributed by atoms with Crippen molar-refractivity contribution in [2.75, 3.05) is 0 Å². The molecule has 0 spiro atoms. The van der Waals surface area contributed by atoms with Crippen molar-refractivity contribution in [3.05, 3.63) is 72.4 Å². The summed E-state index contributed by atoms with van der Waals surface area (Å²) in [6.07, 6.45) is 1.67. The van der Waals surface area contributed by atoms with E-state index in [1.165, 1.54) is 16.8 Å². The van der Waals surface area contributed by atoms with E-state index in [2.05, 4.69) is 20.3 Å². The molecule has 130 valence electrons. The highest BCUT2D eigenvalue weighted by Gasteiger charge is 2.35. The smallest absolute Gasteiger partial charge is 0.264 e. The van der Waals surface area contributed by atoms with Crippen LogP contribution in [0.3, 0.4) is 0 Å². The lowest BCUT2D eigenvalue weighted by molar-refractivity contribution is -0.141. The van der Waals surface area contributed by atoms with Crippen LogP contribution in [0, 0.1) is 0 Å². The number of nitrogens with zero attached hydrogens (tertiary/aromatic N) is 5. The van der Waals surface area contributed by atoms with E-state index in [1.54, 1.807) is 18.6 Å². The standard InChI is InChI=1S/C18H12F3N5/c19-18(20,21)17-13(4-2-7-23-17)10-26-11-16(24-25-26)15-5-1-3-12-9-22-8-6-14(12)15/h1-9,11H,10H2. The zero-order valence-electron chi connectivity index (χ0n) is 13.4. The molecular weight excluding hydrogens is 343 g/mol. The second kappa shape index (κ2) is 6.21. The molecular formula is C18H12F3N5. The number of fused-ring (bicyclic) bond motifs is 1. The summed E-state index contributed by atoms with van der Waals surface area (Å²) in [4.78, 5) is 7.55. The molecule has 4 rings (SSSR count). The summed E-state index contributed by atoms with van der Waals surface area (Å²) in [7, 11) is 0. The number of pyridine rings is 2. The molecule has 0 fully saturated rings. The first-order valence-corrected chi connectivity index (χ1v) is 7.77.